The second-order valence-corrected chi connectivity index (χ2v) is 8.71. The summed E-state index contributed by atoms with van der Waals surface area (Å²) in [5, 5.41) is 6.06. The molecule has 9 heteroatoms. The molecule has 0 radical (unpaired) electrons. The number of halogens is 1. The van der Waals surface area contributed by atoms with Crippen molar-refractivity contribution in [3.8, 4) is 5.75 Å². The van der Waals surface area contributed by atoms with Crippen molar-refractivity contribution in [1.82, 2.24) is 10.2 Å². The van der Waals surface area contributed by atoms with Gasteiger partial charge in [-0.25, -0.2) is 0 Å². The van der Waals surface area contributed by atoms with Gasteiger partial charge in [-0.3, -0.25) is 19.3 Å². The van der Waals surface area contributed by atoms with Gasteiger partial charge in [0.15, 0.2) is 0 Å². The van der Waals surface area contributed by atoms with Crippen molar-refractivity contribution in [2.45, 2.75) is 71.0 Å². The van der Waals surface area contributed by atoms with Crippen molar-refractivity contribution in [2.75, 3.05) is 25.1 Å². The minimum Gasteiger partial charge on any atom is -0.493 e. The molecule has 2 saturated heterocycles. The highest BCUT2D eigenvalue weighted by molar-refractivity contribution is 6.34. The van der Waals surface area contributed by atoms with E-state index in [0.29, 0.717) is 36.8 Å². The molecule has 2 aliphatic rings. The summed E-state index contributed by atoms with van der Waals surface area (Å²) in [6.45, 7) is 6.09. The monoisotopic (exact) mass is 465 g/mol. The third-order valence-corrected chi connectivity index (χ3v) is 6.32. The molecular formula is C23H32ClN3O5. The van der Waals surface area contributed by atoms with Gasteiger partial charge in [0.25, 0.3) is 5.91 Å². The number of amides is 2. The maximum absolute atomic E-state index is 13.1. The summed E-state index contributed by atoms with van der Waals surface area (Å²) < 4.78 is 10.8. The van der Waals surface area contributed by atoms with Gasteiger partial charge in [-0.15, -0.1) is 0 Å². The molecule has 0 saturated carbocycles. The molecular weight excluding hydrogens is 434 g/mol. The molecule has 32 heavy (non-hydrogen) atoms. The lowest BCUT2D eigenvalue weighted by Crippen LogP contribution is -2.58. The van der Waals surface area contributed by atoms with E-state index in [1.807, 2.05) is 13.8 Å². The summed E-state index contributed by atoms with van der Waals surface area (Å²) >= 11 is 6.30. The third kappa shape index (κ3) is 5.92. The Balaban J connectivity index is 1.71. The highest BCUT2D eigenvalue weighted by Gasteiger charge is 2.40. The van der Waals surface area contributed by atoms with Crippen LogP contribution in [-0.2, 0) is 14.3 Å². The van der Waals surface area contributed by atoms with Gasteiger partial charge in [0.05, 0.1) is 36.0 Å². The largest absolute Gasteiger partial charge is 0.493 e. The summed E-state index contributed by atoms with van der Waals surface area (Å²) in [4.78, 5) is 38.8. The molecule has 2 aliphatic heterocycles. The van der Waals surface area contributed by atoms with Crippen LogP contribution in [-0.4, -0.2) is 60.6 Å². The van der Waals surface area contributed by atoms with E-state index in [0.717, 1.165) is 32.1 Å². The van der Waals surface area contributed by atoms with Crippen LogP contribution in [0.2, 0.25) is 5.02 Å². The van der Waals surface area contributed by atoms with E-state index in [4.69, 9.17) is 21.1 Å². The fraction of sp³-hybridized carbons (Fsp3) is 0.609. The molecule has 2 heterocycles. The van der Waals surface area contributed by atoms with Gasteiger partial charge in [-0.2, -0.15) is 0 Å². The topological polar surface area (TPSA) is 97.0 Å². The van der Waals surface area contributed by atoms with Crippen molar-refractivity contribution in [3.05, 3.63) is 22.7 Å². The van der Waals surface area contributed by atoms with Gasteiger partial charge in [-0.1, -0.05) is 18.0 Å². The molecule has 3 rings (SSSR count). The molecule has 8 nitrogen and oxygen atoms in total. The number of ether oxygens (including phenoxy) is 2. The van der Waals surface area contributed by atoms with E-state index < -0.39 is 0 Å². The number of carbonyl (C=O) groups is 3. The van der Waals surface area contributed by atoms with Crippen LogP contribution in [0.5, 0.6) is 5.75 Å². The highest BCUT2D eigenvalue weighted by atomic mass is 35.5. The van der Waals surface area contributed by atoms with E-state index in [9.17, 15) is 14.4 Å². The number of anilines is 1. The van der Waals surface area contributed by atoms with E-state index in [-0.39, 0.29) is 40.9 Å². The molecule has 2 fully saturated rings. The lowest BCUT2D eigenvalue weighted by molar-refractivity contribution is -0.147. The van der Waals surface area contributed by atoms with E-state index in [1.165, 1.54) is 13.0 Å². The summed E-state index contributed by atoms with van der Waals surface area (Å²) in [6.07, 6.45) is 4.70. The average molecular weight is 466 g/mol. The Hall–Kier alpha value is -2.32. The predicted octanol–water partition coefficient (Wildman–Crippen LogP) is 3.38. The number of nitrogens with one attached hydrogen (secondary N) is 2. The summed E-state index contributed by atoms with van der Waals surface area (Å²) in [5.41, 5.74) is 0.742. The molecule has 1 aromatic rings. The van der Waals surface area contributed by atoms with Crippen LogP contribution in [0.4, 0.5) is 5.69 Å². The van der Waals surface area contributed by atoms with Crippen LogP contribution in [0.25, 0.3) is 0 Å². The zero-order valence-corrected chi connectivity index (χ0v) is 19.7. The quantitative estimate of drug-likeness (QED) is 0.571. The van der Waals surface area contributed by atoms with Crippen LogP contribution in [0.1, 0.15) is 63.2 Å². The summed E-state index contributed by atoms with van der Waals surface area (Å²) in [5.74, 6) is -0.334. The van der Waals surface area contributed by atoms with Gasteiger partial charge in [0.1, 0.15) is 5.75 Å². The SMILES string of the molecule is CCOC(=O)CN1C2CCCC1CC(NC(=O)c1cc(Cl)c(NC(C)=O)cc1OCC)C2. The first-order valence-corrected chi connectivity index (χ1v) is 11.7. The number of esters is 1. The van der Waals surface area contributed by atoms with Crippen LogP contribution >= 0.6 is 11.6 Å². The van der Waals surface area contributed by atoms with Gasteiger partial charge in [-0.05, 0) is 45.6 Å². The molecule has 1 aromatic carbocycles. The Morgan fingerprint density at radius 3 is 2.41 bits per heavy atom. The normalized spacial score (nSPS) is 22.7. The van der Waals surface area contributed by atoms with Crippen molar-refractivity contribution in [3.63, 3.8) is 0 Å². The second kappa shape index (κ2) is 11.0. The van der Waals surface area contributed by atoms with Gasteiger partial charge < -0.3 is 20.1 Å². The number of benzene rings is 1. The fourth-order valence-corrected chi connectivity index (χ4v) is 4.98. The summed E-state index contributed by atoms with van der Waals surface area (Å²) in [7, 11) is 0. The Bertz CT molecular complexity index is 848. The van der Waals surface area contributed by atoms with Crippen LogP contribution in [0.3, 0.4) is 0 Å². The minimum absolute atomic E-state index is 0.000446. The minimum atomic E-state index is -0.258. The first-order chi connectivity index (χ1) is 15.3. The number of fused-ring (bicyclic) bond motifs is 2. The van der Waals surface area contributed by atoms with Crippen molar-refractivity contribution >= 4 is 35.1 Å². The van der Waals surface area contributed by atoms with E-state index >= 15 is 0 Å². The zero-order chi connectivity index (χ0) is 23.3. The van der Waals surface area contributed by atoms with Crippen LogP contribution in [0.15, 0.2) is 12.1 Å². The number of piperidine rings is 2. The molecule has 0 aliphatic carbocycles. The molecule has 0 spiro atoms. The van der Waals surface area contributed by atoms with Crippen molar-refractivity contribution in [1.29, 1.82) is 0 Å². The smallest absolute Gasteiger partial charge is 0.320 e. The van der Waals surface area contributed by atoms with E-state index in [1.54, 1.807) is 6.07 Å². The number of hydrogen-bond acceptors (Lipinski definition) is 6. The molecule has 2 bridgehead atoms. The molecule has 2 N–H and O–H groups in total. The number of hydrogen-bond donors (Lipinski definition) is 2. The molecule has 2 amide bonds. The van der Waals surface area contributed by atoms with E-state index in [2.05, 4.69) is 15.5 Å². The predicted molar refractivity (Wildman–Crippen MR) is 122 cm³/mol. The number of rotatable bonds is 8. The Kier molecular flexibility index (Phi) is 8.37. The van der Waals surface area contributed by atoms with Gasteiger partial charge in [0.2, 0.25) is 5.91 Å². The summed E-state index contributed by atoms with van der Waals surface area (Å²) in [6, 6.07) is 3.60. The number of carbonyl (C=O) groups excluding carboxylic acids is 3. The Labute approximate surface area is 193 Å². The highest BCUT2D eigenvalue weighted by Crippen LogP contribution is 2.35. The number of nitrogens with zero attached hydrogens (tertiary/aromatic N) is 1. The third-order valence-electron chi connectivity index (χ3n) is 6.00. The molecule has 176 valence electrons. The Morgan fingerprint density at radius 2 is 1.81 bits per heavy atom. The fourth-order valence-electron chi connectivity index (χ4n) is 4.76. The zero-order valence-electron chi connectivity index (χ0n) is 18.9. The molecule has 2 atom stereocenters. The lowest BCUT2D eigenvalue weighted by atomic mass is 9.81. The van der Waals surface area contributed by atoms with Gasteiger partial charge >= 0.3 is 5.97 Å². The molecule has 0 aromatic heterocycles. The maximum Gasteiger partial charge on any atom is 0.320 e. The van der Waals surface area contributed by atoms with Crippen LogP contribution < -0.4 is 15.4 Å². The standard InChI is InChI=1S/C23H32ClN3O5/c1-4-31-21-12-20(25-14(3)28)19(24)11-18(21)23(30)26-15-9-16-7-6-8-17(10-15)27(16)13-22(29)32-5-2/h11-12,15-17H,4-10,13H2,1-3H3,(H,25,28)(H,26,30). The average Bonchev–Trinajstić information content (AvgIpc) is 2.70. The van der Waals surface area contributed by atoms with Gasteiger partial charge in [0, 0.05) is 31.1 Å². The second-order valence-electron chi connectivity index (χ2n) is 8.30. The van der Waals surface area contributed by atoms with Crippen molar-refractivity contribution in [2.24, 2.45) is 0 Å². The lowest BCUT2D eigenvalue weighted by Gasteiger charge is -2.48. The molecule has 2 unspecified atom stereocenters. The van der Waals surface area contributed by atoms with Crippen molar-refractivity contribution < 1.29 is 23.9 Å². The maximum atomic E-state index is 13.1. The first-order valence-electron chi connectivity index (χ1n) is 11.3. The van der Waals surface area contributed by atoms with Crippen LogP contribution in [0, 0.1) is 0 Å². The Morgan fingerprint density at radius 1 is 1.12 bits per heavy atom. The first kappa shape index (κ1) is 24.3.